The molecule has 0 unspecified atom stereocenters. The molecule has 0 fully saturated rings. The molecule has 0 saturated heterocycles. The summed E-state index contributed by atoms with van der Waals surface area (Å²) in [4.78, 5) is 26.9. The molecule has 0 spiro atoms. The molecule has 3 N–H and O–H groups in total. The predicted molar refractivity (Wildman–Crippen MR) is 67.2 cm³/mol. The van der Waals surface area contributed by atoms with Gasteiger partial charge in [-0.1, -0.05) is 11.6 Å². The van der Waals surface area contributed by atoms with E-state index in [2.05, 4.69) is 15.6 Å². The standard InChI is InChI=1S/C11H14ClN3O3/c1-11(2,6-16)15-10(18)9(17)14-7-4-3-5-13-8(7)12/h3-5,16H,6H2,1-2H3,(H,14,17)(H,15,18). The molecule has 0 bridgehead atoms. The van der Waals surface area contributed by atoms with Gasteiger partial charge in [0.05, 0.1) is 17.8 Å². The maximum atomic E-state index is 11.6. The van der Waals surface area contributed by atoms with E-state index in [-0.39, 0.29) is 17.4 Å². The molecule has 1 rings (SSSR count). The first-order valence-electron chi connectivity index (χ1n) is 5.20. The number of halogens is 1. The van der Waals surface area contributed by atoms with Gasteiger partial charge >= 0.3 is 11.8 Å². The zero-order chi connectivity index (χ0) is 13.8. The van der Waals surface area contributed by atoms with Crippen molar-refractivity contribution in [3.05, 3.63) is 23.5 Å². The number of nitrogens with one attached hydrogen (secondary N) is 2. The monoisotopic (exact) mass is 271 g/mol. The van der Waals surface area contributed by atoms with Crippen molar-refractivity contribution in [2.45, 2.75) is 19.4 Å². The number of anilines is 1. The molecule has 1 heterocycles. The largest absolute Gasteiger partial charge is 0.394 e. The van der Waals surface area contributed by atoms with E-state index >= 15 is 0 Å². The Morgan fingerprint density at radius 1 is 1.44 bits per heavy atom. The Morgan fingerprint density at radius 2 is 2.11 bits per heavy atom. The number of aliphatic hydroxyl groups is 1. The molecule has 98 valence electrons. The SMILES string of the molecule is CC(C)(CO)NC(=O)C(=O)Nc1cccnc1Cl. The van der Waals surface area contributed by atoms with Crippen LogP contribution in [0.4, 0.5) is 5.69 Å². The summed E-state index contributed by atoms with van der Waals surface area (Å²) in [5.41, 5.74) is -0.617. The summed E-state index contributed by atoms with van der Waals surface area (Å²) < 4.78 is 0. The van der Waals surface area contributed by atoms with E-state index in [4.69, 9.17) is 16.7 Å². The number of amides is 2. The van der Waals surface area contributed by atoms with E-state index < -0.39 is 17.4 Å². The van der Waals surface area contributed by atoms with Crippen LogP contribution in [0.3, 0.4) is 0 Å². The lowest BCUT2D eigenvalue weighted by Gasteiger charge is -2.22. The van der Waals surface area contributed by atoms with E-state index in [0.29, 0.717) is 0 Å². The number of carbonyl (C=O) groups excluding carboxylic acids is 2. The first kappa shape index (κ1) is 14.4. The highest BCUT2D eigenvalue weighted by molar-refractivity contribution is 6.41. The molecule has 7 heteroatoms. The maximum Gasteiger partial charge on any atom is 0.313 e. The molecular weight excluding hydrogens is 258 g/mol. The number of hydrogen-bond donors (Lipinski definition) is 3. The molecule has 6 nitrogen and oxygen atoms in total. The maximum absolute atomic E-state index is 11.6. The van der Waals surface area contributed by atoms with E-state index in [1.807, 2.05) is 0 Å². The van der Waals surface area contributed by atoms with Crippen molar-refractivity contribution in [3.63, 3.8) is 0 Å². The van der Waals surface area contributed by atoms with Gasteiger partial charge in [-0.2, -0.15) is 0 Å². The summed E-state index contributed by atoms with van der Waals surface area (Å²) in [7, 11) is 0. The number of nitrogens with zero attached hydrogens (tertiary/aromatic N) is 1. The van der Waals surface area contributed by atoms with Crippen molar-refractivity contribution in [3.8, 4) is 0 Å². The van der Waals surface area contributed by atoms with E-state index in [1.54, 1.807) is 19.9 Å². The quantitative estimate of drug-likeness (QED) is 0.553. The minimum Gasteiger partial charge on any atom is -0.394 e. The van der Waals surface area contributed by atoms with Gasteiger partial charge in [0, 0.05) is 6.20 Å². The molecular formula is C11H14ClN3O3. The fourth-order valence-corrected chi connectivity index (χ4v) is 1.23. The zero-order valence-corrected chi connectivity index (χ0v) is 10.8. The summed E-state index contributed by atoms with van der Waals surface area (Å²) in [6.45, 7) is 2.91. The van der Waals surface area contributed by atoms with Gasteiger partial charge in [0.15, 0.2) is 5.15 Å². The lowest BCUT2D eigenvalue weighted by Crippen LogP contribution is -2.50. The van der Waals surface area contributed by atoms with E-state index in [9.17, 15) is 9.59 Å². The zero-order valence-electron chi connectivity index (χ0n) is 10.0. The minimum atomic E-state index is -0.869. The molecule has 0 aromatic carbocycles. The Morgan fingerprint density at radius 3 is 2.67 bits per heavy atom. The first-order valence-corrected chi connectivity index (χ1v) is 5.58. The van der Waals surface area contributed by atoms with Crippen molar-refractivity contribution >= 4 is 29.1 Å². The molecule has 2 amide bonds. The number of pyridine rings is 1. The molecule has 0 atom stereocenters. The van der Waals surface area contributed by atoms with Gasteiger partial charge in [-0.3, -0.25) is 9.59 Å². The lowest BCUT2D eigenvalue weighted by molar-refractivity contribution is -0.137. The number of carbonyl (C=O) groups is 2. The average Bonchev–Trinajstić information content (AvgIpc) is 2.31. The molecule has 0 saturated carbocycles. The Labute approximate surface area is 109 Å². The Kier molecular flexibility index (Phi) is 4.63. The van der Waals surface area contributed by atoms with Gasteiger partial charge in [-0.05, 0) is 26.0 Å². The summed E-state index contributed by atoms with van der Waals surface area (Å²) in [6.07, 6.45) is 1.47. The van der Waals surface area contributed by atoms with Crippen LogP contribution in [0.1, 0.15) is 13.8 Å². The highest BCUT2D eigenvalue weighted by atomic mass is 35.5. The number of rotatable bonds is 3. The third-order valence-corrected chi connectivity index (χ3v) is 2.36. The molecule has 0 aliphatic carbocycles. The fraction of sp³-hybridized carbons (Fsp3) is 0.364. The van der Waals surface area contributed by atoms with Gasteiger partial charge in [0.2, 0.25) is 0 Å². The van der Waals surface area contributed by atoms with Crippen LogP contribution in [0, 0.1) is 0 Å². The van der Waals surface area contributed by atoms with Gasteiger partial charge in [0.1, 0.15) is 0 Å². The molecule has 0 aliphatic rings. The van der Waals surface area contributed by atoms with Gasteiger partial charge < -0.3 is 15.7 Å². The topological polar surface area (TPSA) is 91.3 Å². The van der Waals surface area contributed by atoms with Crippen molar-refractivity contribution in [1.82, 2.24) is 10.3 Å². The van der Waals surface area contributed by atoms with Crippen LogP contribution in [0.5, 0.6) is 0 Å². The lowest BCUT2D eigenvalue weighted by atomic mass is 10.1. The Bertz CT molecular complexity index is 463. The van der Waals surface area contributed by atoms with E-state index in [0.717, 1.165) is 0 Å². The number of aliphatic hydroxyl groups excluding tert-OH is 1. The van der Waals surface area contributed by atoms with Crippen LogP contribution < -0.4 is 10.6 Å². The van der Waals surface area contributed by atoms with Crippen LogP contribution in [-0.4, -0.2) is 34.1 Å². The smallest absolute Gasteiger partial charge is 0.313 e. The van der Waals surface area contributed by atoms with Crippen molar-refractivity contribution < 1.29 is 14.7 Å². The second-order valence-corrected chi connectivity index (χ2v) is 4.65. The summed E-state index contributed by atoms with van der Waals surface area (Å²) >= 11 is 5.74. The van der Waals surface area contributed by atoms with E-state index in [1.165, 1.54) is 12.3 Å². The highest BCUT2D eigenvalue weighted by Gasteiger charge is 2.24. The predicted octanol–water partition coefficient (Wildman–Crippen LogP) is 0.561. The van der Waals surface area contributed by atoms with Crippen LogP contribution in [0.15, 0.2) is 18.3 Å². The first-order chi connectivity index (χ1) is 8.35. The normalized spacial score (nSPS) is 10.9. The van der Waals surface area contributed by atoms with Crippen LogP contribution in [-0.2, 0) is 9.59 Å². The molecule has 0 aliphatic heterocycles. The summed E-state index contributed by atoms with van der Waals surface area (Å²) in [6, 6.07) is 3.11. The van der Waals surface area contributed by atoms with Gasteiger partial charge in [-0.15, -0.1) is 0 Å². The summed E-state index contributed by atoms with van der Waals surface area (Å²) in [5, 5.41) is 13.8. The Balaban J connectivity index is 2.67. The molecule has 18 heavy (non-hydrogen) atoms. The molecule has 0 radical (unpaired) electrons. The van der Waals surface area contributed by atoms with Crippen molar-refractivity contribution in [1.29, 1.82) is 0 Å². The second-order valence-electron chi connectivity index (χ2n) is 4.29. The minimum absolute atomic E-state index is 0.0973. The Hall–Kier alpha value is -1.66. The summed E-state index contributed by atoms with van der Waals surface area (Å²) in [5.74, 6) is -1.72. The second kappa shape index (κ2) is 5.79. The molecule has 1 aromatic rings. The number of aromatic nitrogens is 1. The van der Waals surface area contributed by atoms with Gasteiger partial charge in [0.25, 0.3) is 0 Å². The molecule has 1 aromatic heterocycles. The van der Waals surface area contributed by atoms with Crippen LogP contribution in [0.25, 0.3) is 0 Å². The fourth-order valence-electron chi connectivity index (χ4n) is 1.06. The van der Waals surface area contributed by atoms with Crippen molar-refractivity contribution in [2.75, 3.05) is 11.9 Å². The highest BCUT2D eigenvalue weighted by Crippen LogP contribution is 2.17. The van der Waals surface area contributed by atoms with Crippen LogP contribution in [0.2, 0.25) is 5.15 Å². The van der Waals surface area contributed by atoms with Crippen LogP contribution >= 0.6 is 11.6 Å². The third-order valence-electron chi connectivity index (χ3n) is 2.06. The number of hydrogen-bond acceptors (Lipinski definition) is 4. The third kappa shape index (κ3) is 3.97. The average molecular weight is 272 g/mol. The van der Waals surface area contributed by atoms with Crippen molar-refractivity contribution in [2.24, 2.45) is 0 Å². The van der Waals surface area contributed by atoms with Gasteiger partial charge in [-0.25, -0.2) is 4.98 Å².